The molecule has 12 heteroatoms. The van der Waals surface area contributed by atoms with Crippen molar-refractivity contribution in [1.29, 1.82) is 0 Å². The number of benzene rings is 1. The van der Waals surface area contributed by atoms with Crippen molar-refractivity contribution < 1.29 is 32.6 Å². The number of hydrogen-bond donors (Lipinski definition) is 3. The van der Waals surface area contributed by atoms with Gasteiger partial charge < -0.3 is 14.6 Å². The van der Waals surface area contributed by atoms with E-state index in [2.05, 4.69) is 9.97 Å². The molecule has 11 nitrogen and oxygen atoms in total. The highest BCUT2D eigenvalue weighted by molar-refractivity contribution is 7.89. The van der Waals surface area contributed by atoms with Gasteiger partial charge in [-0.1, -0.05) is 0 Å². The molecule has 0 radical (unpaired) electrons. The van der Waals surface area contributed by atoms with Crippen molar-refractivity contribution in [3.05, 3.63) is 48.1 Å². The number of carboxylic acids is 1. The molecule has 1 aromatic heterocycles. The van der Waals surface area contributed by atoms with Gasteiger partial charge in [-0.3, -0.25) is 15.2 Å². The number of hydrazine groups is 1. The third-order valence-electron chi connectivity index (χ3n) is 3.27. The molecule has 0 fully saturated rings. The van der Waals surface area contributed by atoms with Crippen LogP contribution in [0.25, 0.3) is 6.08 Å². The van der Waals surface area contributed by atoms with Crippen molar-refractivity contribution in [2.75, 3.05) is 14.2 Å². The van der Waals surface area contributed by atoms with Crippen molar-refractivity contribution in [2.45, 2.75) is 4.90 Å². The number of carbonyl (C=O) groups is 2. The van der Waals surface area contributed by atoms with Crippen LogP contribution >= 0.6 is 0 Å². The van der Waals surface area contributed by atoms with Crippen LogP contribution in [0.5, 0.6) is 11.5 Å². The Hall–Kier alpha value is -3.51. The van der Waals surface area contributed by atoms with E-state index in [9.17, 15) is 18.0 Å². The average Bonchev–Trinajstić information content (AvgIpc) is 2.70. The van der Waals surface area contributed by atoms with Gasteiger partial charge in [-0.25, -0.2) is 18.2 Å². The second kappa shape index (κ2) is 8.92. The molecular formula is C16H16N4O7S. The highest BCUT2D eigenvalue weighted by Crippen LogP contribution is 2.35. The fourth-order valence-corrected chi connectivity index (χ4v) is 3.12. The number of nitrogens with zero attached hydrogens (tertiary/aromatic N) is 2. The molecule has 3 N–H and O–H groups in total. The number of ether oxygens (including phenoxy) is 2. The number of carbonyl (C=O) groups excluding carboxylic acids is 1. The van der Waals surface area contributed by atoms with Gasteiger partial charge in [0, 0.05) is 18.5 Å². The molecule has 2 aromatic rings. The van der Waals surface area contributed by atoms with Gasteiger partial charge in [0.2, 0.25) is 0 Å². The topological polar surface area (TPSA) is 157 Å². The minimum Gasteiger partial charge on any atom is -0.493 e. The fraction of sp³-hybridized carbons (Fsp3) is 0.125. The lowest BCUT2D eigenvalue weighted by Gasteiger charge is -2.15. The zero-order valence-electron chi connectivity index (χ0n) is 14.7. The number of rotatable bonds is 8. The van der Waals surface area contributed by atoms with Crippen LogP contribution in [-0.4, -0.2) is 49.6 Å². The molecular weight excluding hydrogens is 392 g/mol. The van der Waals surface area contributed by atoms with E-state index in [1.54, 1.807) is 0 Å². The average molecular weight is 408 g/mol. The van der Waals surface area contributed by atoms with Crippen molar-refractivity contribution in [2.24, 2.45) is 0 Å². The SMILES string of the molecule is COc1cc(/C=C/C(=O)O)cc(S(=O)(=O)NNC(=O)c2cnccn2)c1OC. The molecule has 0 aliphatic heterocycles. The minimum atomic E-state index is -4.32. The zero-order valence-corrected chi connectivity index (χ0v) is 15.6. The van der Waals surface area contributed by atoms with Crippen molar-refractivity contribution in [3.8, 4) is 11.5 Å². The monoisotopic (exact) mass is 408 g/mol. The standard InChI is InChI=1S/C16H16N4O7S/c1-26-12-7-10(3-4-14(21)22)8-13(15(12)27-2)28(24,25)20-19-16(23)11-9-17-5-6-18-11/h3-9,20H,1-2H3,(H,19,23)(H,21,22)/b4-3+. The molecule has 28 heavy (non-hydrogen) atoms. The van der Waals surface area contributed by atoms with E-state index in [0.29, 0.717) is 0 Å². The Morgan fingerprint density at radius 3 is 2.50 bits per heavy atom. The summed E-state index contributed by atoms with van der Waals surface area (Å²) in [5.74, 6) is -2.12. The number of amides is 1. The third-order valence-corrected chi connectivity index (χ3v) is 4.52. The fourth-order valence-electron chi connectivity index (χ4n) is 2.06. The number of hydrogen-bond acceptors (Lipinski definition) is 8. The Balaban J connectivity index is 2.38. The highest BCUT2D eigenvalue weighted by atomic mass is 32.2. The van der Waals surface area contributed by atoms with Crippen LogP contribution in [0, 0.1) is 0 Å². The lowest BCUT2D eigenvalue weighted by Crippen LogP contribution is -2.42. The van der Waals surface area contributed by atoms with Gasteiger partial charge in [0.15, 0.2) is 11.5 Å². The first-order valence-electron chi connectivity index (χ1n) is 7.53. The maximum absolute atomic E-state index is 12.7. The van der Waals surface area contributed by atoms with Crippen molar-refractivity contribution >= 4 is 28.0 Å². The highest BCUT2D eigenvalue weighted by Gasteiger charge is 2.24. The van der Waals surface area contributed by atoms with E-state index >= 15 is 0 Å². The van der Waals surface area contributed by atoms with E-state index in [1.807, 2.05) is 10.3 Å². The Kier molecular flexibility index (Phi) is 6.63. The summed E-state index contributed by atoms with van der Waals surface area (Å²) in [7, 11) is -1.78. The summed E-state index contributed by atoms with van der Waals surface area (Å²) >= 11 is 0. The van der Waals surface area contributed by atoms with Crippen LogP contribution < -0.4 is 19.7 Å². The minimum absolute atomic E-state index is 0.0515. The molecule has 2 rings (SSSR count). The maximum Gasteiger partial charge on any atom is 0.328 e. The molecule has 0 saturated carbocycles. The smallest absolute Gasteiger partial charge is 0.328 e. The normalized spacial score (nSPS) is 11.2. The van der Waals surface area contributed by atoms with Crippen LogP contribution in [0.4, 0.5) is 0 Å². The summed E-state index contributed by atoms with van der Waals surface area (Å²) in [4.78, 5) is 31.7. The van der Waals surface area contributed by atoms with Gasteiger partial charge in [-0.05, 0) is 23.8 Å². The van der Waals surface area contributed by atoms with Crippen LogP contribution in [0.1, 0.15) is 16.1 Å². The first-order valence-corrected chi connectivity index (χ1v) is 9.02. The Morgan fingerprint density at radius 2 is 1.93 bits per heavy atom. The molecule has 1 amide bonds. The Bertz CT molecular complexity index is 1010. The predicted octanol–water partition coefficient (Wildman–Crippen LogP) is 0.215. The number of nitrogens with one attached hydrogen (secondary N) is 2. The molecule has 0 bridgehead atoms. The molecule has 0 unspecified atom stereocenters. The summed E-state index contributed by atoms with van der Waals surface area (Å²) in [5, 5.41) is 8.75. The lowest BCUT2D eigenvalue weighted by atomic mass is 10.2. The maximum atomic E-state index is 12.7. The van der Waals surface area contributed by atoms with Crippen LogP contribution in [0.3, 0.4) is 0 Å². The molecule has 148 valence electrons. The Labute approximate surface area is 160 Å². The van der Waals surface area contributed by atoms with Crippen molar-refractivity contribution in [3.63, 3.8) is 0 Å². The van der Waals surface area contributed by atoms with Gasteiger partial charge in [-0.15, -0.1) is 4.83 Å². The predicted molar refractivity (Wildman–Crippen MR) is 96.0 cm³/mol. The third kappa shape index (κ3) is 5.02. The van der Waals surface area contributed by atoms with Gasteiger partial charge in [-0.2, -0.15) is 0 Å². The van der Waals surface area contributed by atoms with Crippen LogP contribution in [0.15, 0.2) is 41.7 Å². The summed E-state index contributed by atoms with van der Waals surface area (Å²) < 4.78 is 35.6. The van der Waals surface area contributed by atoms with Gasteiger partial charge in [0.1, 0.15) is 10.6 Å². The molecule has 0 atom stereocenters. The molecule has 0 aliphatic rings. The molecule has 0 spiro atoms. The van der Waals surface area contributed by atoms with Crippen LogP contribution in [-0.2, 0) is 14.8 Å². The quantitative estimate of drug-likeness (QED) is 0.410. The first-order chi connectivity index (χ1) is 13.3. The number of aliphatic carboxylic acids is 1. The van der Waals surface area contributed by atoms with E-state index in [4.69, 9.17) is 14.6 Å². The van der Waals surface area contributed by atoms with Crippen molar-refractivity contribution in [1.82, 2.24) is 20.2 Å². The number of aromatic nitrogens is 2. The molecule has 1 aromatic carbocycles. The number of methoxy groups -OCH3 is 2. The largest absolute Gasteiger partial charge is 0.493 e. The Morgan fingerprint density at radius 1 is 1.18 bits per heavy atom. The molecule has 0 aliphatic carbocycles. The van der Waals surface area contributed by atoms with Gasteiger partial charge in [0.25, 0.3) is 15.9 Å². The van der Waals surface area contributed by atoms with E-state index in [-0.39, 0.29) is 27.7 Å². The second-order valence-electron chi connectivity index (χ2n) is 5.08. The lowest BCUT2D eigenvalue weighted by molar-refractivity contribution is -0.131. The first kappa shape index (κ1) is 20.8. The van der Waals surface area contributed by atoms with Gasteiger partial charge >= 0.3 is 5.97 Å². The number of carboxylic acid groups (broad SMARTS) is 1. The van der Waals surface area contributed by atoms with Gasteiger partial charge in [0.05, 0.1) is 20.4 Å². The summed E-state index contributed by atoms with van der Waals surface area (Å²) in [6, 6.07) is 2.56. The number of sulfonamides is 1. The molecule has 1 heterocycles. The van der Waals surface area contributed by atoms with E-state index in [1.165, 1.54) is 38.8 Å². The summed E-state index contributed by atoms with van der Waals surface area (Å²) in [5.41, 5.74) is 2.13. The van der Waals surface area contributed by atoms with E-state index in [0.717, 1.165) is 18.3 Å². The van der Waals surface area contributed by atoms with Crippen LogP contribution in [0.2, 0.25) is 0 Å². The summed E-state index contributed by atoms with van der Waals surface area (Å²) in [6.07, 6.45) is 5.80. The molecule has 0 saturated heterocycles. The summed E-state index contributed by atoms with van der Waals surface area (Å²) in [6.45, 7) is 0. The second-order valence-corrected chi connectivity index (χ2v) is 6.73. The zero-order chi connectivity index (χ0) is 20.7. The van der Waals surface area contributed by atoms with E-state index < -0.39 is 21.9 Å².